The fourth-order valence-corrected chi connectivity index (χ4v) is 2.05. The first-order valence-corrected chi connectivity index (χ1v) is 6.67. The van der Waals surface area contributed by atoms with Gasteiger partial charge in [0, 0.05) is 51.2 Å². The first kappa shape index (κ1) is 14.3. The minimum absolute atomic E-state index is 0.397. The highest BCUT2D eigenvalue weighted by atomic mass is 32.1. The van der Waals surface area contributed by atoms with Gasteiger partial charge in [0.05, 0.1) is 6.61 Å². The summed E-state index contributed by atoms with van der Waals surface area (Å²) in [5, 5.41) is 4.29. The quantitative estimate of drug-likeness (QED) is 0.713. The van der Waals surface area contributed by atoms with Crippen LogP contribution in [-0.2, 0) is 4.74 Å². The average molecular weight is 258 g/mol. The Morgan fingerprint density at radius 2 is 2.18 bits per heavy atom. The van der Waals surface area contributed by atoms with Crippen LogP contribution in [0.15, 0.2) is 0 Å². The topological polar surface area (TPSA) is 50.3 Å². The maximum absolute atomic E-state index is 4.97. The van der Waals surface area contributed by atoms with Crippen molar-refractivity contribution < 1.29 is 4.74 Å². The number of nitrogens with zero attached hydrogens (tertiary/aromatic N) is 3. The van der Waals surface area contributed by atoms with E-state index in [1.54, 1.807) is 7.11 Å². The fraction of sp³-hybridized carbons (Fsp3) is 0.818. The molecule has 0 radical (unpaired) electrons. The number of hydrogen-bond donors (Lipinski definition) is 1. The van der Waals surface area contributed by atoms with Gasteiger partial charge in [-0.2, -0.15) is 4.37 Å². The number of methoxy groups -OCH3 is 1. The van der Waals surface area contributed by atoms with Gasteiger partial charge in [-0.1, -0.05) is 13.8 Å². The monoisotopic (exact) mass is 258 g/mol. The molecule has 0 unspecified atom stereocenters. The van der Waals surface area contributed by atoms with Crippen LogP contribution in [0.5, 0.6) is 0 Å². The standard InChI is InChI=1S/C11H22N4OS/c1-9(2)10-13-11(17-14-10)15(3)7-5-12-6-8-16-4/h9,12H,5-8H2,1-4H3. The highest BCUT2D eigenvalue weighted by molar-refractivity contribution is 7.09. The fourth-order valence-electron chi connectivity index (χ4n) is 1.26. The largest absolute Gasteiger partial charge is 0.383 e. The molecule has 98 valence electrons. The highest BCUT2D eigenvalue weighted by Gasteiger charge is 2.10. The summed E-state index contributed by atoms with van der Waals surface area (Å²) >= 11 is 1.47. The van der Waals surface area contributed by atoms with E-state index in [1.807, 2.05) is 7.05 Å². The van der Waals surface area contributed by atoms with Crippen LogP contribution in [0.4, 0.5) is 5.13 Å². The molecule has 0 aromatic carbocycles. The van der Waals surface area contributed by atoms with Gasteiger partial charge in [-0.15, -0.1) is 0 Å². The van der Waals surface area contributed by atoms with Crippen molar-refractivity contribution in [3.63, 3.8) is 0 Å². The third kappa shape index (κ3) is 4.97. The van der Waals surface area contributed by atoms with E-state index in [-0.39, 0.29) is 0 Å². The normalized spacial score (nSPS) is 11.1. The average Bonchev–Trinajstić information content (AvgIpc) is 2.78. The highest BCUT2D eigenvalue weighted by Crippen LogP contribution is 2.19. The molecule has 6 heteroatoms. The zero-order valence-electron chi connectivity index (χ0n) is 11.1. The molecular weight excluding hydrogens is 236 g/mol. The van der Waals surface area contributed by atoms with Crippen LogP contribution in [0, 0.1) is 0 Å². The lowest BCUT2D eigenvalue weighted by atomic mass is 10.2. The van der Waals surface area contributed by atoms with Crippen molar-refractivity contribution in [2.45, 2.75) is 19.8 Å². The predicted molar refractivity (Wildman–Crippen MR) is 72.0 cm³/mol. The van der Waals surface area contributed by atoms with E-state index in [0.717, 1.165) is 37.2 Å². The first-order chi connectivity index (χ1) is 8.15. The Kier molecular flexibility index (Phi) is 6.39. The maximum Gasteiger partial charge on any atom is 0.204 e. The zero-order chi connectivity index (χ0) is 12.7. The molecule has 1 aromatic heterocycles. The van der Waals surface area contributed by atoms with E-state index < -0.39 is 0 Å². The lowest BCUT2D eigenvalue weighted by molar-refractivity contribution is 0.200. The van der Waals surface area contributed by atoms with Crippen LogP contribution in [0.25, 0.3) is 0 Å². The molecule has 0 saturated carbocycles. The van der Waals surface area contributed by atoms with Gasteiger partial charge < -0.3 is 15.0 Å². The number of aromatic nitrogens is 2. The van der Waals surface area contributed by atoms with Gasteiger partial charge in [0.15, 0.2) is 0 Å². The molecule has 17 heavy (non-hydrogen) atoms. The number of anilines is 1. The Balaban J connectivity index is 2.28. The van der Waals surface area contributed by atoms with E-state index in [2.05, 4.69) is 33.4 Å². The maximum atomic E-state index is 4.97. The molecule has 0 aliphatic rings. The SMILES string of the molecule is COCCNCCN(C)c1nc(C(C)C)ns1. The summed E-state index contributed by atoms with van der Waals surface area (Å²) in [5.41, 5.74) is 0. The molecule has 0 aliphatic heterocycles. The molecule has 5 nitrogen and oxygen atoms in total. The second-order valence-electron chi connectivity index (χ2n) is 4.25. The van der Waals surface area contributed by atoms with Gasteiger partial charge in [0.2, 0.25) is 5.13 Å². The number of hydrogen-bond acceptors (Lipinski definition) is 6. The molecule has 1 N–H and O–H groups in total. The second kappa shape index (κ2) is 7.58. The third-order valence-electron chi connectivity index (χ3n) is 2.38. The van der Waals surface area contributed by atoms with Gasteiger partial charge in [0.25, 0.3) is 0 Å². The summed E-state index contributed by atoms with van der Waals surface area (Å²) in [6.07, 6.45) is 0. The smallest absolute Gasteiger partial charge is 0.204 e. The number of nitrogens with one attached hydrogen (secondary N) is 1. The van der Waals surface area contributed by atoms with Crippen molar-refractivity contribution in [3.8, 4) is 0 Å². The summed E-state index contributed by atoms with van der Waals surface area (Å²) in [6, 6.07) is 0. The Labute approximate surface area is 107 Å². The van der Waals surface area contributed by atoms with E-state index in [1.165, 1.54) is 11.5 Å². The molecule has 0 saturated heterocycles. The molecule has 1 rings (SSSR count). The molecule has 0 amide bonds. The number of ether oxygens (including phenoxy) is 1. The van der Waals surface area contributed by atoms with Crippen molar-refractivity contribution in [1.29, 1.82) is 0 Å². The van der Waals surface area contributed by atoms with Gasteiger partial charge in [0.1, 0.15) is 5.82 Å². The van der Waals surface area contributed by atoms with Gasteiger partial charge in [-0.05, 0) is 0 Å². The van der Waals surface area contributed by atoms with Crippen LogP contribution in [0.1, 0.15) is 25.6 Å². The minimum Gasteiger partial charge on any atom is -0.383 e. The van der Waals surface area contributed by atoms with Crippen LogP contribution >= 0.6 is 11.5 Å². The molecule has 0 spiro atoms. The van der Waals surface area contributed by atoms with Crippen LogP contribution < -0.4 is 10.2 Å². The van der Waals surface area contributed by atoms with Gasteiger partial charge in [-0.25, -0.2) is 4.98 Å². The Bertz CT molecular complexity index is 316. The minimum atomic E-state index is 0.397. The van der Waals surface area contributed by atoms with Crippen molar-refractivity contribution in [3.05, 3.63) is 5.82 Å². The van der Waals surface area contributed by atoms with Crippen LogP contribution in [-0.4, -0.2) is 49.8 Å². The summed E-state index contributed by atoms with van der Waals surface area (Å²) in [4.78, 5) is 6.63. The lowest BCUT2D eigenvalue weighted by Crippen LogP contribution is -2.30. The summed E-state index contributed by atoms with van der Waals surface area (Å²) in [6.45, 7) is 7.71. The molecule has 0 atom stereocenters. The molecule has 0 bridgehead atoms. The van der Waals surface area contributed by atoms with E-state index in [4.69, 9.17) is 4.74 Å². The zero-order valence-corrected chi connectivity index (χ0v) is 11.9. The van der Waals surface area contributed by atoms with Crippen LogP contribution in [0.3, 0.4) is 0 Å². The van der Waals surface area contributed by atoms with Crippen molar-refractivity contribution >= 4 is 16.7 Å². The number of rotatable bonds is 8. The second-order valence-corrected chi connectivity index (χ2v) is 4.98. The Hall–Kier alpha value is -0.720. The van der Waals surface area contributed by atoms with E-state index in [9.17, 15) is 0 Å². The van der Waals surface area contributed by atoms with Crippen molar-refractivity contribution in [2.75, 3.05) is 45.3 Å². The lowest BCUT2D eigenvalue weighted by Gasteiger charge is -2.15. The van der Waals surface area contributed by atoms with Gasteiger partial charge in [-0.3, -0.25) is 0 Å². The molecule has 0 fully saturated rings. The molecule has 1 aromatic rings. The third-order valence-corrected chi connectivity index (χ3v) is 3.23. The van der Waals surface area contributed by atoms with Crippen molar-refractivity contribution in [2.24, 2.45) is 0 Å². The summed E-state index contributed by atoms with van der Waals surface area (Å²) in [7, 11) is 3.76. The predicted octanol–water partition coefficient (Wildman–Crippen LogP) is 1.33. The molecular formula is C11H22N4OS. The number of likely N-dealkylation sites (N-methyl/N-ethyl adjacent to an activating group) is 1. The summed E-state index contributed by atoms with van der Waals surface area (Å²) in [5.74, 6) is 1.33. The Morgan fingerprint density at radius 1 is 1.41 bits per heavy atom. The first-order valence-electron chi connectivity index (χ1n) is 5.89. The Morgan fingerprint density at radius 3 is 2.76 bits per heavy atom. The van der Waals surface area contributed by atoms with Gasteiger partial charge >= 0.3 is 0 Å². The molecule has 1 heterocycles. The summed E-state index contributed by atoms with van der Waals surface area (Å²) < 4.78 is 9.31. The van der Waals surface area contributed by atoms with E-state index >= 15 is 0 Å². The van der Waals surface area contributed by atoms with E-state index in [0.29, 0.717) is 5.92 Å². The van der Waals surface area contributed by atoms with Crippen LogP contribution in [0.2, 0.25) is 0 Å². The molecule has 0 aliphatic carbocycles. The van der Waals surface area contributed by atoms with Crippen molar-refractivity contribution in [1.82, 2.24) is 14.7 Å².